The Kier molecular flexibility index (Phi) is 6.15. The van der Waals surface area contributed by atoms with Gasteiger partial charge in [-0.3, -0.25) is 4.79 Å². The zero-order valence-corrected chi connectivity index (χ0v) is 17.8. The van der Waals surface area contributed by atoms with Gasteiger partial charge in [-0.05, 0) is 61.4 Å². The van der Waals surface area contributed by atoms with Crippen LogP contribution in [0.2, 0.25) is 0 Å². The molecule has 0 aliphatic carbocycles. The van der Waals surface area contributed by atoms with Gasteiger partial charge >= 0.3 is 6.18 Å². The fourth-order valence-electron chi connectivity index (χ4n) is 3.30. The summed E-state index contributed by atoms with van der Waals surface area (Å²) in [6.45, 7) is 1.03. The van der Waals surface area contributed by atoms with E-state index in [-0.39, 0.29) is 22.9 Å². The number of hydrogen-bond acceptors (Lipinski definition) is 4. The summed E-state index contributed by atoms with van der Waals surface area (Å²) in [4.78, 5) is 17.2. The molecule has 1 aromatic heterocycles. The Labute approximate surface area is 184 Å². The summed E-state index contributed by atoms with van der Waals surface area (Å²) in [5, 5.41) is 3.51. The molecule has 3 aromatic rings. The first-order valence-electron chi connectivity index (χ1n) is 9.65. The van der Waals surface area contributed by atoms with Crippen LogP contribution in [0.15, 0.2) is 62.4 Å². The zero-order valence-electron chi connectivity index (χ0n) is 16.2. The molecule has 1 aliphatic heterocycles. The van der Waals surface area contributed by atoms with E-state index in [2.05, 4.69) is 26.2 Å². The van der Waals surface area contributed by atoms with E-state index in [0.29, 0.717) is 24.1 Å². The van der Waals surface area contributed by atoms with Gasteiger partial charge in [0.1, 0.15) is 11.1 Å². The number of benzene rings is 2. The Morgan fingerprint density at radius 3 is 2.61 bits per heavy atom. The fourth-order valence-corrected chi connectivity index (χ4v) is 3.68. The van der Waals surface area contributed by atoms with E-state index < -0.39 is 17.6 Å². The minimum atomic E-state index is -4.44. The van der Waals surface area contributed by atoms with Gasteiger partial charge in [0.05, 0.1) is 17.4 Å². The molecule has 2 aromatic carbocycles. The lowest BCUT2D eigenvalue weighted by Crippen LogP contribution is -2.34. The van der Waals surface area contributed by atoms with Crippen molar-refractivity contribution in [3.8, 4) is 0 Å². The highest BCUT2D eigenvalue weighted by Crippen LogP contribution is 2.30. The quantitative estimate of drug-likeness (QED) is 0.531. The fraction of sp³-hybridized carbons (Fsp3) is 0.273. The van der Waals surface area contributed by atoms with Crippen LogP contribution >= 0.6 is 15.9 Å². The Hall–Kier alpha value is -2.65. The van der Waals surface area contributed by atoms with Crippen molar-refractivity contribution in [2.24, 2.45) is 4.99 Å². The minimum absolute atomic E-state index is 0.0134. The summed E-state index contributed by atoms with van der Waals surface area (Å²) < 4.78 is 50.6. The lowest BCUT2D eigenvalue weighted by molar-refractivity contribution is -0.137. The van der Waals surface area contributed by atoms with Crippen molar-refractivity contribution in [3.63, 3.8) is 0 Å². The molecular formula is C22H18BrF3N2O3. The third kappa shape index (κ3) is 5.16. The molecule has 1 fully saturated rings. The number of hydrogen-bond donors (Lipinski definition) is 1. The van der Waals surface area contributed by atoms with Crippen LogP contribution in [0.25, 0.3) is 11.0 Å². The number of nitrogens with one attached hydrogen (secondary N) is 1. The Bertz CT molecular complexity index is 1170. The molecule has 1 amide bonds. The van der Waals surface area contributed by atoms with Crippen LogP contribution in [-0.2, 0) is 10.9 Å². The molecule has 1 saturated heterocycles. The van der Waals surface area contributed by atoms with Crippen LogP contribution in [0.4, 0.5) is 18.9 Å². The number of alkyl halides is 3. The average molecular weight is 495 g/mol. The normalized spacial score (nSPS) is 17.3. The summed E-state index contributed by atoms with van der Waals surface area (Å²) in [5.41, 5.74) is 0.148. The third-order valence-electron chi connectivity index (χ3n) is 4.89. The molecule has 4 rings (SSSR count). The van der Waals surface area contributed by atoms with Crippen LogP contribution in [0.5, 0.6) is 0 Å². The molecule has 1 N–H and O–H groups in total. The monoisotopic (exact) mass is 494 g/mol. The van der Waals surface area contributed by atoms with E-state index in [0.717, 1.165) is 29.4 Å². The highest BCUT2D eigenvalue weighted by atomic mass is 79.9. The first kappa shape index (κ1) is 21.6. The highest BCUT2D eigenvalue weighted by Gasteiger charge is 2.30. The van der Waals surface area contributed by atoms with Crippen LogP contribution < -0.4 is 10.9 Å². The Morgan fingerprint density at radius 2 is 1.94 bits per heavy atom. The maximum absolute atomic E-state index is 12.9. The van der Waals surface area contributed by atoms with E-state index in [1.54, 1.807) is 24.3 Å². The molecule has 162 valence electrons. The summed E-state index contributed by atoms with van der Waals surface area (Å²) >= 11 is 3.39. The van der Waals surface area contributed by atoms with Gasteiger partial charge < -0.3 is 14.5 Å². The van der Waals surface area contributed by atoms with Gasteiger partial charge in [-0.1, -0.05) is 15.9 Å². The predicted molar refractivity (Wildman–Crippen MR) is 112 cm³/mol. The molecule has 31 heavy (non-hydrogen) atoms. The standard InChI is InChI=1S/C22H18BrF3N2O3/c23-15-5-8-19-13(10-15)11-18(20(29)27-12-17-2-1-9-30-17)21(31-19)28-16-6-3-14(4-7-16)22(24,25)26/h3-8,10-11,17H,1-2,9,12H2,(H,27,29)/t17-/m0/s1. The Balaban J connectivity index is 1.73. The van der Waals surface area contributed by atoms with Gasteiger partial charge in [-0.25, -0.2) is 4.99 Å². The van der Waals surface area contributed by atoms with E-state index in [4.69, 9.17) is 9.15 Å². The second kappa shape index (κ2) is 8.84. The van der Waals surface area contributed by atoms with Crippen molar-refractivity contribution in [2.45, 2.75) is 25.1 Å². The minimum Gasteiger partial charge on any atom is -0.438 e. The summed E-state index contributed by atoms with van der Waals surface area (Å²) in [5.74, 6) is -0.396. The van der Waals surface area contributed by atoms with Crippen molar-refractivity contribution >= 4 is 38.5 Å². The Morgan fingerprint density at radius 1 is 1.16 bits per heavy atom. The molecule has 5 nitrogen and oxygen atoms in total. The van der Waals surface area contributed by atoms with Gasteiger partial charge in [0.2, 0.25) is 5.55 Å². The first-order chi connectivity index (χ1) is 14.8. The van der Waals surface area contributed by atoms with E-state index >= 15 is 0 Å². The molecule has 9 heteroatoms. The molecule has 0 spiro atoms. The molecule has 0 bridgehead atoms. The van der Waals surface area contributed by atoms with Crippen molar-refractivity contribution in [2.75, 3.05) is 13.2 Å². The van der Waals surface area contributed by atoms with E-state index in [9.17, 15) is 18.0 Å². The number of nitrogens with zero attached hydrogens (tertiary/aromatic N) is 1. The number of fused-ring (bicyclic) bond motifs is 1. The molecule has 0 unspecified atom stereocenters. The summed E-state index contributed by atoms with van der Waals surface area (Å²) in [6, 6.07) is 11.3. The zero-order chi connectivity index (χ0) is 22.0. The van der Waals surface area contributed by atoms with Gasteiger partial charge in [-0.2, -0.15) is 13.2 Å². The number of halogens is 4. The third-order valence-corrected chi connectivity index (χ3v) is 5.39. The van der Waals surface area contributed by atoms with Crippen molar-refractivity contribution in [3.05, 3.63) is 69.7 Å². The number of ether oxygens (including phenoxy) is 1. The first-order valence-corrected chi connectivity index (χ1v) is 10.4. The van der Waals surface area contributed by atoms with Crippen LogP contribution in [0.1, 0.15) is 28.8 Å². The lowest BCUT2D eigenvalue weighted by atomic mass is 10.1. The molecule has 0 radical (unpaired) electrons. The van der Waals surface area contributed by atoms with Crippen LogP contribution in [-0.4, -0.2) is 25.2 Å². The SMILES string of the molecule is O=C(NC[C@@H]1CCCO1)c1cc2cc(Br)ccc2oc1=Nc1ccc(C(F)(F)F)cc1. The van der Waals surface area contributed by atoms with Crippen molar-refractivity contribution in [1.82, 2.24) is 5.32 Å². The topological polar surface area (TPSA) is 63.8 Å². The van der Waals surface area contributed by atoms with Crippen LogP contribution in [0, 0.1) is 0 Å². The molecule has 0 saturated carbocycles. The van der Waals surface area contributed by atoms with Gasteiger partial charge in [0.25, 0.3) is 5.91 Å². The number of amides is 1. The maximum Gasteiger partial charge on any atom is 0.416 e. The van der Waals surface area contributed by atoms with E-state index in [1.807, 2.05) is 0 Å². The highest BCUT2D eigenvalue weighted by molar-refractivity contribution is 9.10. The second-order valence-corrected chi connectivity index (χ2v) is 8.06. The largest absolute Gasteiger partial charge is 0.438 e. The van der Waals surface area contributed by atoms with Gasteiger partial charge in [0, 0.05) is 23.0 Å². The summed E-state index contributed by atoms with van der Waals surface area (Å²) in [7, 11) is 0. The number of rotatable bonds is 4. The smallest absolute Gasteiger partial charge is 0.416 e. The number of carbonyl (C=O) groups is 1. The van der Waals surface area contributed by atoms with Crippen molar-refractivity contribution < 1.29 is 27.1 Å². The van der Waals surface area contributed by atoms with Gasteiger partial charge in [-0.15, -0.1) is 0 Å². The second-order valence-electron chi connectivity index (χ2n) is 7.15. The van der Waals surface area contributed by atoms with Gasteiger partial charge in [0.15, 0.2) is 0 Å². The average Bonchev–Trinajstić information content (AvgIpc) is 3.25. The van der Waals surface area contributed by atoms with Crippen LogP contribution in [0.3, 0.4) is 0 Å². The number of carbonyl (C=O) groups excluding carboxylic acids is 1. The molecule has 1 aliphatic rings. The molecule has 1 atom stereocenters. The molecule has 2 heterocycles. The molecular weight excluding hydrogens is 477 g/mol. The summed E-state index contributed by atoms with van der Waals surface area (Å²) in [6.07, 6.45) is -2.65. The predicted octanol–water partition coefficient (Wildman–Crippen LogP) is 5.36. The van der Waals surface area contributed by atoms with Crippen molar-refractivity contribution in [1.29, 1.82) is 0 Å². The van der Waals surface area contributed by atoms with E-state index in [1.165, 1.54) is 12.1 Å². The lowest BCUT2D eigenvalue weighted by Gasteiger charge is -2.11. The maximum atomic E-state index is 12.9.